The zero-order valence-corrected chi connectivity index (χ0v) is 20.6. The summed E-state index contributed by atoms with van der Waals surface area (Å²) in [5, 5.41) is 10.4. The molecule has 0 aliphatic carbocycles. The smallest absolute Gasteiger partial charge is 0.492 e. The van der Waals surface area contributed by atoms with Crippen LogP contribution >= 0.6 is 0 Å². The fraction of sp³-hybridized carbons (Fsp3) is 0.278. The second-order valence-electron chi connectivity index (χ2n) is 5.79. The zero-order chi connectivity index (χ0) is 23.1. The third-order valence-electron chi connectivity index (χ3n) is 3.54. The van der Waals surface area contributed by atoms with Crippen LogP contribution in [0.5, 0.6) is 5.75 Å². The van der Waals surface area contributed by atoms with Gasteiger partial charge >= 0.3 is 38.9 Å². The topological polar surface area (TPSA) is 98.9 Å². The maximum atomic E-state index is 12.6. The summed E-state index contributed by atoms with van der Waals surface area (Å²) < 4.78 is 69.0. The van der Waals surface area contributed by atoms with Crippen LogP contribution in [-0.2, 0) is 53.2 Å². The van der Waals surface area contributed by atoms with Crippen molar-refractivity contribution in [1.82, 2.24) is 19.8 Å². The molecule has 0 saturated carbocycles. The van der Waals surface area contributed by atoms with Gasteiger partial charge in [-0.1, -0.05) is 0 Å². The average molecular weight is 547 g/mol. The average Bonchev–Trinajstić information content (AvgIpc) is 3.13. The van der Waals surface area contributed by atoms with E-state index in [-0.39, 0.29) is 45.1 Å². The molecule has 9 nitrogen and oxygen atoms in total. The zero-order valence-electron chi connectivity index (χ0n) is 17.0. The van der Waals surface area contributed by atoms with Crippen molar-refractivity contribution in [2.24, 2.45) is 0 Å². The molecular formula is C18H19F3N5O4SY. The molecule has 2 aromatic heterocycles. The third-order valence-corrected chi connectivity index (χ3v) is 4.07. The van der Waals surface area contributed by atoms with Gasteiger partial charge in [0.05, 0.1) is 6.26 Å². The Morgan fingerprint density at radius 1 is 1.12 bits per heavy atom. The first kappa shape index (κ1) is 28.2. The predicted octanol–water partition coefficient (Wildman–Crippen LogP) is 2.41. The molecule has 0 radical (unpaired) electrons. The second-order valence-corrected chi connectivity index (χ2v) is 7.43. The van der Waals surface area contributed by atoms with E-state index < -0.39 is 22.1 Å². The van der Waals surface area contributed by atoms with Crippen LogP contribution < -0.4 is 9.64 Å². The fourth-order valence-electron chi connectivity index (χ4n) is 2.11. The minimum Gasteiger partial charge on any atom is -0.492 e. The number of ether oxygens (including phenoxy) is 1. The first-order valence-corrected chi connectivity index (χ1v) is 10.4. The van der Waals surface area contributed by atoms with E-state index in [1.165, 1.54) is 6.07 Å². The Morgan fingerprint density at radius 2 is 1.75 bits per heavy atom. The second kappa shape index (κ2) is 12.4. The van der Waals surface area contributed by atoms with Crippen molar-refractivity contribution in [2.75, 3.05) is 31.0 Å². The van der Waals surface area contributed by atoms with Gasteiger partial charge in [0.25, 0.3) is 15.9 Å². The molecule has 0 fully saturated rings. The normalized spacial score (nSPS) is 11.3. The molecule has 0 N–H and O–H groups in total. The van der Waals surface area contributed by atoms with Crippen molar-refractivity contribution in [3.8, 4) is 5.75 Å². The molecule has 0 aliphatic heterocycles. The van der Waals surface area contributed by atoms with Gasteiger partial charge in [0.2, 0.25) is 6.79 Å². The third kappa shape index (κ3) is 8.60. The maximum Gasteiger partial charge on any atom is 3.00 e. The van der Waals surface area contributed by atoms with Crippen LogP contribution in [0.2, 0.25) is 0 Å². The summed E-state index contributed by atoms with van der Waals surface area (Å²) in [5.41, 5.74) is 0.0409. The van der Waals surface area contributed by atoms with Gasteiger partial charge in [-0.25, -0.2) is 4.18 Å². The first-order chi connectivity index (χ1) is 14.5. The Labute approximate surface area is 208 Å². The van der Waals surface area contributed by atoms with Gasteiger partial charge in [0.15, 0.2) is 5.65 Å². The van der Waals surface area contributed by atoms with Gasteiger partial charge in [-0.3, -0.25) is 0 Å². The fourth-order valence-corrected chi connectivity index (χ4v) is 2.34. The minimum absolute atomic E-state index is 0. The Morgan fingerprint density at radius 3 is 2.28 bits per heavy atom. The number of benzene rings is 1. The monoisotopic (exact) mass is 547 g/mol. The van der Waals surface area contributed by atoms with Gasteiger partial charge in [-0.05, 0) is 12.1 Å². The van der Waals surface area contributed by atoms with Crippen LogP contribution in [0.1, 0.15) is 5.82 Å². The van der Waals surface area contributed by atoms with Crippen LogP contribution in [0.25, 0.3) is 5.65 Å². The first-order valence-electron chi connectivity index (χ1n) is 8.61. The van der Waals surface area contributed by atoms with E-state index in [0.29, 0.717) is 29.2 Å². The number of halogens is 3. The molecule has 0 amide bonds. The molecule has 14 heteroatoms. The Balaban J connectivity index is 0.000000327. The van der Waals surface area contributed by atoms with Gasteiger partial charge in [0.1, 0.15) is 5.82 Å². The van der Waals surface area contributed by atoms with E-state index in [1.807, 2.05) is 0 Å². The maximum absolute atomic E-state index is 12.6. The summed E-state index contributed by atoms with van der Waals surface area (Å²) in [6.07, 6.45) is -3.63. The van der Waals surface area contributed by atoms with Gasteiger partial charge < -0.3 is 23.5 Å². The SMILES string of the molecule is CS(=O)(=O)OCOc1cc[c-]cc1.[CH2-]CN(C[CH2-])c1ccc2nnc(C(F)(F)F)n2n1.[Y+3]. The minimum atomic E-state index is -4.59. The number of hydrogen-bond acceptors (Lipinski definition) is 8. The van der Waals surface area contributed by atoms with E-state index in [0.717, 1.165) is 6.26 Å². The van der Waals surface area contributed by atoms with E-state index >= 15 is 0 Å². The predicted molar refractivity (Wildman–Crippen MR) is 105 cm³/mol. The van der Waals surface area contributed by atoms with Crippen LogP contribution in [0.4, 0.5) is 19.0 Å². The van der Waals surface area contributed by atoms with E-state index in [2.05, 4.69) is 39.4 Å². The molecule has 170 valence electrons. The number of alkyl halides is 3. The molecule has 3 aromatic rings. The summed E-state index contributed by atoms with van der Waals surface area (Å²) in [4.78, 5) is 1.62. The standard InChI is InChI=1S/C10H10F3N5.C8H9O4S.Y/c1-3-17(4-2)8-6-5-7-14-15-9(10(11,12)13)18(7)16-8;1-13(9,10)12-7-11-8-5-3-2-4-6-8;/h5-6H,1-4H2;3-6H,7H2,1H3;/q-2;-1;+3. The van der Waals surface area contributed by atoms with Crippen LogP contribution in [0.3, 0.4) is 0 Å². The number of hydrogen-bond donors (Lipinski definition) is 0. The van der Waals surface area contributed by atoms with E-state index in [4.69, 9.17) is 4.74 Å². The van der Waals surface area contributed by atoms with Crippen molar-refractivity contribution in [3.63, 3.8) is 0 Å². The van der Waals surface area contributed by atoms with Crippen LogP contribution in [0, 0.1) is 19.9 Å². The molecule has 0 atom stereocenters. The molecule has 0 saturated heterocycles. The summed E-state index contributed by atoms with van der Waals surface area (Å²) in [6, 6.07) is 12.4. The molecule has 2 heterocycles. The largest absolute Gasteiger partial charge is 3.00 e. The van der Waals surface area contributed by atoms with Crippen molar-refractivity contribution < 1.29 is 63.2 Å². The van der Waals surface area contributed by atoms with E-state index in [9.17, 15) is 21.6 Å². The molecule has 0 bridgehead atoms. The summed E-state index contributed by atoms with van der Waals surface area (Å²) in [6.45, 7) is 7.71. The Hall–Kier alpha value is -1.83. The number of fused-ring (bicyclic) bond motifs is 1. The summed E-state index contributed by atoms with van der Waals surface area (Å²) >= 11 is 0. The Bertz CT molecular complexity index is 1080. The van der Waals surface area contributed by atoms with Crippen molar-refractivity contribution in [1.29, 1.82) is 0 Å². The van der Waals surface area contributed by atoms with E-state index in [1.54, 1.807) is 35.2 Å². The molecule has 32 heavy (non-hydrogen) atoms. The van der Waals surface area contributed by atoms with Gasteiger partial charge in [-0.15, -0.1) is 40.5 Å². The molecule has 3 rings (SSSR count). The quantitative estimate of drug-likeness (QED) is 0.253. The molecule has 1 aromatic carbocycles. The van der Waals surface area contributed by atoms with Gasteiger partial charge in [0, 0.05) is 5.75 Å². The number of nitrogens with zero attached hydrogens (tertiary/aromatic N) is 5. The van der Waals surface area contributed by atoms with Crippen LogP contribution in [0.15, 0.2) is 36.4 Å². The van der Waals surface area contributed by atoms with Crippen molar-refractivity contribution in [2.45, 2.75) is 6.18 Å². The summed E-state index contributed by atoms with van der Waals surface area (Å²) in [5.74, 6) is -0.257. The molecule has 0 unspecified atom stereocenters. The molecular weight excluding hydrogens is 528 g/mol. The van der Waals surface area contributed by atoms with Crippen molar-refractivity contribution in [3.05, 3.63) is 62.1 Å². The van der Waals surface area contributed by atoms with Crippen LogP contribution in [-0.4, -0.2) is 54.4 Å². The number of anilines is 1. The van der Waals surface area contributed by atoms with Gasteiger partial charge in [-0.2, -0.15) is 44.3 Å². The van der Waals surface area contributed by atoms with Crippen molar-refractivity contribution >= 4 is 21.6 Å². The Kier molecular flexibility index (Phi) is 11.0. The molecule has 0 aliphatic rings. The molecule has 0 spiro atoms. The number of aromatic nitrogens is 4. The number of rotatable bonds is 7. The summed E-state index contributed by atoms with van der Waals surface area (Å²) in [7, 11) is -3.43.